The summed E-state index contributed by atoms with van der Waals surface area (Å²) in [4.78, 5) is 8.32. The number of pyridine rings is 2. The van der Waals surface area contributed by atoms with Crippen molar-refractivity contribution in [3.05, 3.63) is 105 Å². The van der Waals surface area contributed by atoms with Gasteiger partial charge in [0.05, 0.1) is 13.2 Å². The molecule has 2 N–H and O–H groups in total. The van der Waals surface area contributed by atoms with E-state index in [1.807, 2.05) is 48.5 Å². The number of aliphatic hydroxyl groups is 2. The summed E-state index contributed by atoms with van der Waals surface area (Å²) >= 11 is 15.5. The number of furan rings is 1. The molecule has 0 atom stereocenters. The van der Waals surface area contributed by atoms with Crippen LogP contribution >= 0.6 is 39.1 Å². The summed E-state index contributed by atoms with van der Waals surface area (Å²) in [6, 6.07) is 17.3. The number of halogens is 3. The monoisotopic (exact) mass is 580 g/mol. The van der Waals surface area contributed by atoms with Crippen LogP contribution in [0.5, 0.6) is 0 Å². The highest BCUT2D eigenvalue weighted by atomic mass is 79.9. The molecule has 0 aliphatic heterocycles. The fraction of sp³-hybridized carbons (Fsp3) is 0.0714. The first kappa shape index (κ1) is 24.7. The molecule has 0 spiro atoms. The molecule has 0 aliphatic carbocycles. The van der Waals surface area contributed by atoms with Crippen molar-refractivity contribution >= 4 is 71.6 Å². The number of aliphatic hydroxyl groups excluding tert-OH is 2. The lowest BCUT2D eigenvalue weighted by molar-refractivity contribution is 0.282. The molecule has 5 nitrogen and oxygen atoms in total. The van der Waals surface area contributed by atoms with Crippen LogP contribution < -0.4 is 0 Å². The SMILES string of the molecule is OCc1cc2c(-c3cc4ccccc4o3)cncc2cc1Cl.OCc1cc2c(Br)cncc2cc1Cl. The molecule has 0 bridgehead atoms. The van der Waals surface area contributed by atoms with Crippen molar-refractivity contribution in [1.82, 2.24) is 9.97 Å². The Balaban J connectivity index is 0.000000165. The Kier molecular flexibility index (Phi) is 7.23. The summed E-state index contributed by atoms with van der Waals surface area (Å²) in [5.41, 5.74) is 3.15. The summed E-state index contributed by atoms with van der Waals surface area (Å²) in [5.74, 6) is 0.755. The molecule has 0 saturated heterocycles. The molecule has 3 heterocycles. The maximum absolute atomic E-state index is 9.43. The third kappa shape index (κ3) is 4.83. The molecule has 8 heteroatoms. The Morgan fingerprint density at radius 1 is 0.722 bits per heavy atom. The van der Waals surface area contributed by atoms with Crippen LogP contribution in [0.4, 0.5) is 0 Å². The molecule has 180 valence electrons. The van der Waals surface area contributed by atoms with E-state index in [4.69, 9.17) is 32.7 Å². The Morgan fingerprint density at radius 3 is 2.00 bits per heavy atom. The molecule has 0 radical (unpaired) electrons. The van der Waals surface area contributed by atoms with Gasteiger partial charge in [-0.25, -0.2) is 0 Å². The van der Waals surface area contributed by atoms with Crippen molar-refractivity contribution in [2.45, 2.75) is 13.2 Å². The topological polar surface area (TPSA) is 79.4 Å². The van der Waals surface area contributed by atoms with Crippen LogP contribution in [0.2, 0.25) is 10.0 Å². The van der Waals surface area contributed by atoms with Gasteiger partial charge in [-0.05, 0) is 74.2 Å². The second kappa shape index (κ2) is 10.5. The summed E-state index contributed by atoms with van der Waals surface area (Å²) in [7, 11) is 0. The molecule has 6 rings (SSSR count). The first-order valence-corrected chi connectivity index (χ1v) is 12.5. The highest BCUT2D eigenvalue weighted by Gasteiger charge is 2.12. The molecule has 3 aromatic heterocycles. The van der Waals surface area contributed by atoms with E-state index in [-0.39, 0.29) is 13.2 Å². The van der Waals surface area contributed by atoms with E-state index >= 15 is 0 Å². The van der Waals surface area contributed by atoms with Crippen LogP contribution in [0, 0.1) is 0 Å². The van der Waals surface area contributed by atoms with Crippen molar-refractivity contribution in [2.75, 3.05) is 0 Å². The molecular formula is C28H19BrCl2N2O3. The lowest BCUT2D eigenvalue weighted by atomic mass is 10.0. The summed E-state index contributed by atoms with van der Waals surface area (Å²) in [6.07, 6.45) is 6.99. The fourth-order valence-electron chi connectivity index (χ4n) is 3.99. The first-order chi connectivity index (χ1) is 17.5. The highest BCUT2D eigenvalue weighted by molar-refractivity contribution is 9.10. The van der Waals surface area contributed by atoms with Crippen molar-refractivity contribution in [3.63, 3.8) is 0 Å². The van der Waals surface area contributed by atoms with E-state index in [9.17, 15) is 5.11 Å². The van der Waals surface area contributed by atoms with Gasteiger partial charge < -0.3 is 14.6 Å². The third-order valence-electron chi connectivity index (χ3n) is 5.84. The standard InChI is InChI=1S/C18H12ClNO2.C10H7BrClNO/c19-16-6-12-8-20-9-15(14(12)5-13(16)10-21)18-7-11-3-1-2-4-17(11)22-18;11-9-4-13-3-6-2-10(12)7(5-14)1-8(6)9/h1-9,21H,10H2;1-4,14H,5H2. The molecule has 36 heavy (non-hydrogen) atoms. The molecule has 0 unspecified atom stereocenters. The highest BCUT2D eigenvalue weighted by Crippen LogP contribution is 2.34. The van der Waals surface area contributed by atoms with Gasteiger partial charge in [0, 0.05) is 61.0 Å². The Labute approximate surface area is 225 Å². The molecule has 0 amide bonds. The Bertz CT molecular complexity index is 1690. The minimum Gasteiger partial charge on any atom is -0.456 e. The van der Waals surface area contributed by atoms with E-state index in [1.54, 1.807) is 30.9 Å². The lowest BCUT2D eigenvalue weighted by Gasteiger charge is -2.07. The Hall–Kier alpha value is -3.00. The number of rotatable bonds is 3. The largest absolute Gasteiger partial charge is 0.456 e. The number of para-hydroxylation sites is 1. The van der Waals surface area contributed by atoms with Crippen molar-refractivity contribution in [1.29, 1.82) is 0 Å². The van der Waals surface area contributed by atoms with Crippen molar-refractivity contribution in [3.8, 4) is 11.3 Å². The van der Waals surface area contributed by atoms with Crippen molar-refractivity contribution < 1.29 is 14.6 Å². The molecule has 0 fully saturated rings. The fourth-order valence-corrected chi connectivity index (χ4v) is 4.91. The van der Waals surface area contributed by atoms with E-state index in [0.717, 1.165) is 53.9 Å². The van der Waals surface area contributed by atoms with Gasteiger partial charge in [0.2, 0.25) is 0 Å². The number of aromatic nitrogens is 2. The van der Waals surface area contributed by atoms with Crippen LogP contribution in [0.25, 0.3) is 43.8 Å². The van der Waals surface area contributed by atoms with Gasteiger partial charge in [-0.15, -0.1) is 0 Å². The van der Waals surface area contributed by atoms with Gasteiger partial charge in [0.1, 0.15) is 11.3 Å². The normalized spacial score (nSPS) is 11.1. The van der Waals surface area contributed by atoms with Gasteiger partial charge in [0.25, 0.3) is 0 Å². The first-order valence-electron chi connectivity index (χ1n) is 11.0. The molecule has 6 aromatic rings. The summed E-state index contributed by atoms with van der Waals surface area (Å²) in [6.45, 7) is -0.153. The van der Waals surface area contributed by atoms with Gasteiger partial charge in [-0.3, -0.25) is 9.97 Å². The Morgan fingerprint density at radius 2 is 1.33 bits per heavy atom. The average molecular weight is 582 g/mol. The summed E-state index contributed by atoms with van der Waals surface area (Å²) in [5, 5.41) is 24.5. The zero-order valence-electron chi connectivity index (χ0n) is 18.8. The van der Waals surface area contributed by atoms with Gasteiger partial charge >= 0.3 is 0 Å². The number of hydrogen-bond acceptors (Lipinski definition) is 5. The van der Waals surface area contributed by atoms with Crippen molar-refractivity contribution in [2.24, 2.45) is 0 Å². The maximum Gasteiger partial charge on any atom is 0.137 e. The van der Waals surface area contributed by atoms with Crippen LogP contribution in [-0.4, -0.2) is 20.2 Å². The van der Waals surface area contributed by atoms with Gasteiger partial charge in [-0.1, -0.05) is 41.4 Å². The van der Waals surface area contributed by atoms with E-state index in [1.165, 1.54) is 0 Å². The second-order valence-corrected chi connectivity index (χ2v) is 9.77. The number of hydrogen-bond donors (Lipinski definition) is 2. The van der Waals surface area contributed by atoms with Gasteiger partial charge in [0.15, 0.2) is 0 Å². The van der Waals surface area contributed by atoms with Gasteiger partial charge in [-0.2, -0.15) is 0 Å². The predicted octanol–water partition coefficient (Wildman–Crippen LogP) is 7.94. The predicted molar refractivity (Wildman–Crippen MR) is 148 cm³/mol. The van der Waals surface area contributed by atoms with E-state index < -0.39 is 0 Å². The molecule has 0 aliphatic rings. The molecule has 3 aromatic carbocycles. The smallest absolute Gasteiger partial charge is 0.137 e. The maximum atomic E-state index is 9.43. The van der Waals surface area contributed by atoms with E-state index in [2.05, 4.69) is 25.9 Å². The zero-order chi connectivity index (χ0) is 25.2. The zero-order valence-corrected chi connectivity index (χ0v) is 21.8. The van der Waals surface area contributed by atoms with Crippen LogP contribution in [0.3, 0.4) is 0 Å². The minimum absolute atomic E-state index is 0.0520. The molecule has 0 saturated carbocycles. The third-order valence-corrected chi connectivity index (χ3v) is 7.17. The molecular weight excluding hydrogens is 563 g/mol. The van der Waals surface area contributed by atoms with Crippen LogP contribution in [-0.2, 0) is 13.2 Å². The average Bonchev–Trinajstić information content (AvgIpc) is 3.32. The van der Waals surface area contributed by atoms with Crippen LogP contribution in [0.15, 0.2) is 88.3 Å². The summed E-state index contributed by atoms with van der Waals surface area (Å²) < 4.78 is 6.83. The quantitative estimate of drug-likeness (QED) is 0.222. The van der Waals surface area contributed by atoms with Crippen LogP contribution in [0.1, 0.15) is 11.1 Å². The number of fused-ring (bicyclic) bond motifs is 3. The number of nitrogens with zero attached hydrogens (tertiary/aromatic N) is 2. The second-order valence-electron chi connectivity index (χ2n) is 8.10. The number of benzene rings is 3. The minimum atomic E-state index is -0.101. The lowest BCUT2D eigenvalue weighted by Crippen LogP contribution is -1.88. The van der Waals surface area contributed by atoms with E-state index in [0.29, 0.717) is 15.6 Å².